The Balaban J connectivity index is 0.00000576. The quantitative estimate of drug-likeness (QED) is 0.581. The molecule has 0 aromatic heterocycles. The van der Waals surface area contributed by atoms with Crippen LogP contribution < -0.4 is 5.32 Å². The summed E-state index contributed by atoms with van der Waals surface area (Å²) in [5.74, 6) is 1.65. The highest BCUT2D eigenvalue weighted by atomic mass is 35.5. The Bertz CT molecular complexity index is 424. The summed E-state index contributed by atoms with van der Waals surface area (Å²) in [6.07, 6.45) is 3.78. The molecule has 0 radical (unpaired) electrons. The highest BCUT2D eigenvalue weighted by molar-refractivity contribution is 7.86. The Hall–Kier alpha value is 0.120. The fourth-order valence-corrected chi connectivity index (χ4v) is 4.67. The van der Waals surface area contributed by atoms with Crippen molar-refractivity contribution in [2.45, 2.75) is 60.3 Å². The number of hydrogen-bond donors (Lipinski definition) is 1. The summed E-state index contributed by atoms with van der Waals surface area (Å²) in [5, 5.41) is 3.38. The van der Waals surface area contributed by atoms with Gasteiger partial charge in [-0.15, -0.1) is 12.4 Å². The summed E-state index contributed by atoms with van der Waals surface area (Å²) in [5.41, 5.74) is 0. The molecular formula is C18H40ClN3O2S. The van der Waals surface area contributed by atoms with E-state index in [1.807, 2.05) is 0 Å². The lowest BCUT2D eigenvalue weighted by Gasteiger charge is -2.35. The first kappa shape index (κ1) is 25.1. The summed E-state index contributed by atoms with van der Waals surface area (Å²) < 4.78 is 29.6. The van der Waals surface area contributed by atoms with Crippen LogP contribution in [0, 0.1) is 17.8 Å². The molecule has 7 heteroatoms. The third kappa shape index (κ3) is 9.05. The highest BCUT2D eigenvalue weighted by Crippen LogP contribution is 2.22. The van der Waals surface area contributed by atoms with Gasteiger partial charge in [0.25, 0.3) is 10.2 Å². The maximum Gasteiger partial charge on any atom is 0.281 e. The van der Waals surface area contributed by atoms with Gasteiger partial charge in [0, 0.05) is 26.2 Å². The van der Waals surface area contributed by atoms with E-state index in [0.29, 0.717) is 43.9 Å². The molecule has 0 aromatic rings. The zero-order chi connectivity index (χ0) is 18.2. The third-order valence-electron chi connectivity index (χ3n) is 4.82. The lowest BCUT2D eigenvalue weighted by molar-refractivity contribution is 0.245. The van der Waals surface area contributed by atoms with E-state index in [1.54, 1.807) is 8.61 Å². The standard InChI is InChI=1S/C18H39N3O2S.ClH/c1-6-19-15-18-9-13-21(14-10-18)24(22,23)20(11-7-16(2)3)12-8-17(4)5;/h16-19H,6-15H2,1-5H3;1H. The van der Waals surface area contributed by atoms with Gasteiger partial charge in [-0.2, -0.15) is 17.0 Å². The molecule has 1 N–H and O–H groups in total. The second kappa shape index (κ2) is 12.5. The minimum Gasteiger partial charge on any atom is -0.317 e. The predicted molar refractivity (Wildman–Crippen MR) is 109 cm³/mol. The van der Waals surface area contributed by atoms with E-state index in [0.717, 1.165) is 38.8 Å². The lowest BCUT2D eigenvalue weighted by atomic mass is 9.98. The van der Waals surface area contributed by atoms with Gasteiger partial charge in [0.2, 0.25) is 0 Å². The van der Waals surface area contributed by atoms with Crippen molar-refractivity contribution < 1.29 is 8.42 Å². The second-order valence-electron chi connectivity index (χ2n) is 7.92. The van der Waals surface area contributed by atoms with Gasteiger partial charge >= 0.3 is 0 Å². The van der Waals surface area contributed by atoms with Crippen molar-refractivity contribution in [2.24, 2.45) is 17.8 Å². The Kier molecular flexibility index (Phi) is 12.6. The van der Waals surface area contributed by atoms with Gasteiger partial charge in [0.05, 0.1) is 0 Å². The largest absolute Gasteiger partial charge is 0.317 e. The van der Waals surface area contributed by atoms with Crippen molar-refractivity contribution in [3.05, 3.63) is 0 Å². The molecule has 0 aliphatic carbocycles. The van der Waals surface area contributed by atoms with Gasteiger partial charge in [-0.25, -0.2) is 0 Å². The fourth-order valence-electron chi connectivity index (χ4n) is 3.00. The van der Waals surface area contributed by atoms with Crippen molar-refractivity contribution in [3.63, 3.8) is 0 Å². The second-order valence-corrected chi connectivity index (χ2v) is 9.85. The molecule has 1 aliphatic heterocycles. The molecule has 1 heterocycles. The van der Waals surface area contributed by atoms with E-state index in [4.69, 9.17) is 0 Å². The molecule has 5 nitrogen and oxygen atoms in total. The molecule has 0 amide bonds. The molecule has 1 saturated heterocycles. The molecule has 152 valence electrons. The molecule has 0 spiro atoms. The Morgan fingerprint density at radius 3 is 1.92 bits per heavy atom. The van der Waals surface area contributed by atoms with Crippen LogP contribution in [0.4, 0.5) is 0 Å². The number of nitrogens with one attached hydrogen (secondary N) is 1. The lowest BCUT2D eigenvalue weighted by Crippen LogP contribution is -2.48. The summed E-state index contributed by atoms with van der Waals surface area (Å²) in [7, 11) is -3.31. The predicted octanol–water partition coefficient (Wildman–Crippen LogP) is 3.37. The van der Waals surface area contributed by atoms with E-state index in [1.165, 1.54) is 0 Å². The smallest absolute Gasteiger partial charge is 0.281 e. The minimum atomic E-state index is -3.31. The van der Waals surface area contributed by atoms with E-state index >= 15 is 0 Å². The number of hydrogen-bond acceptors (Lipinski definition) is 3. The van der Waals surface area contributed by atoms with E-state index < -0.39 is 10.2 Å². The van der Waals surface area contributed by atoms with Gasteiger partial charge in [-0.3, -0.25) is 0 Å². The third-order valence-corrected chi connectivity index (χ3v) is 6.86. The molecule has 1 rings (SSSR count). The fraction of sp³-hybridized carbons (Fsp3) is 1.00. The van der Waals surface area contributed by atoms with Crippen LogP contribution in [0.1, 0.15) is 60.3 Å². The number of rotatable bonds is 11. The van der Waals surface area contributed by atoms with Gasteiger partial charge in [-0.1, -0.05) is 34.6 Å². The number of halogens is 1. The van der Waals surface area contributed by atoms with E-state index in [9.17, 15) is 8.42 Å². The Morgan fingerprint density at radius 1 is 1.04 bits per heavy atom. The number of piperidine rings is 1. The zero-order valence-electron chi connectivity index (χ0n) is 16.8. The van der Waals surface area contributed by atoms with Crippen LogP contribution in [-0.2, 0) is 10.2 Å². The van der Waals surface area contributed by atoms with Crippen LogP contribution in [0.5, 0.6) is 0 Å². The van der Waals surface area contributed by atoms with Crippen LogP contribution >= 0.6 is 12.4 Å². The maximum atomic E-state index is 13.1. The summed E-state index contributed by atoms with van der Waals surface area (Å²) >= 11 is 0. The summed E-state index contributed by atoms with van der Waals surface area (Å²) in [6, 6.07) is 0. The van der Waals surface area contributed by atoms with E-state index in [-0.39, 0.29) is 12.4 Å². The van der Waals surface area contributed by atoms with Gasteiger partial charge in [-0.05, 0) is 56.5 Å². The monoisotopic (exact) mass is 397 g/mol. The van der Waals surface area contributed by atoms with Crippen LogP contribution in [-0.4, -0.2) is 56.3 Å². The molecular weight excluding hydrogens is 358 g/mol. The van der Waals surface area contributed by atoms with Crippen LogP contribution in [0.15, 0.2) is 0 Å². The van der Waals surface area contributed by atoms with Crippen molar-refractivity contribution in [2.75, 3.05) is 39.3 Å². The number of nitrogens with zero attached hydrogens (tertiary/aromatic N) is 2. The van der Waals surface area contributed by atoms with Gasteiger partial charge in [0.1, 0.15) is 0 Å². The molecule has 1 aliphatic rings. The van der Waals surface area contributed by atoms with Crippen molar-refractivity contribution in [1.29, 1.82) is 0 Å². The molecule has 1 fully saturated rings. The van der Waals surface area contributed by atoms with Crippen LogP contribution in [0.3, 0.4) is 0 Å². The zero-order valence-corrected chi connectivity index (χ0v) is 18.5. The summed E-state index contributed by atoms with van der Waals surface area (Å²) in [4.78, 5) is 0. The molecule has 0 bridgehead atoms. The van der Waals surface area contributed by atoms with Crippen molar-refractivity contribution in [1.82, 2.24) is 13.9 Å². The Labute approximate surface area is 162 Å². The van der Waals surface area contributed by atoms with Gasteiger partial charge in [0.15, 0.2) is 0 Å². The summed E-state index contributed by atoms with van der Waals surface area (Å²) in [6.45, 7) is 15.3. The topological polar surface area (TPSA) is 52.7 Å². The molecule has 0 atom stereocenters. The maximum absolute atomic E-state index is 13.1. The first-order valence-corrected chi connectivity index (χ1v) is 11.1. The Morgan fingerprint density at radius 2 is 1.52 bits per heavy atom. The minimum absolute atomic E-state index is 0. The van der Waals surface area contributed by atoms with Crippen LogP contribution in [0.25, 0.3) is 0 Å². The molecule has 0 unspecified atom stereocenters. The molecule has 0 saturated carbocycles. The van der Waals surface area contributed by atoms with Gasteiger partial charge < -0.3 is 5.32 Å². The average molecular weight is 398 g/mol. The molecule has 25 heavy (non-hydrogen) atoms. The SMILES string of the molecule is CCNCC1CCN(S(=O)(=O)N(CCC(C)C)CCC(C)C)CC1.Cl. The normalized spacial score (nSPS) is 17.4. The van der Waals surface area contributed by atoms with Crippen LogP contribution in [0.2, 0.25) is 0 Å². The first-order valence-electron chi connectivity index (χ1n) is 9.73. The first-order chi connectivity index (χ1) is 11.3. The average Bonchev–Trinajstić information content (AvgIpc) is 2.52. The van der Waals surface area contributed by atoms with Crippen molar-refractivity contribution in [3.8, 4) is 0 Å². The highest BCUT2D eigenvalue weighted by Gasteiger charge is 2.32. The van der Waals surface area contributed by atoms with Crippen molar-refractivity contribution >= 4 is 22.6 Å². The molecule has 0 aromatic carbocycles. The van der Waals surface area contributed by atoms with E-state index in [2.05, 4.69) is 39.9 Å².